The monoisotopic (exact) mass is 279 g/mol. The highest BCUT2D eigenvalue weighted by molar-refractivity contribution is 5.81. The predicted octanol–water partition coefficient (Wildman–Crippen LogP) is 1.49. The SMILES string of the molecule is CCCNc1nc(C)nc(N(CC)CC(=O)NC)c1C. The van der Waals surface area contributed by atoms with Gasteiger partial charge in [-0.25, -0.2) is 9.97 Å². The van der Waals surface area contributed by atoms with E-state index >= 15 is 0 Å². The predicted molar refractivity (Wildman–Crippen MR) is 82.2 cm³/mol. The first-order valence-corrected chi connectivity index (χ1v) is 7.08. The molecule has 0 aliphatic carbocycles. The van der Waals surface area contributed by atoms with Crippen LogP contribution in [0, 0.1) is 13.8 Å². The van der Waals surface area contributed by atoms with E-state index in [1.54, 1.807) is 7.05 Å². The van der Waals surface area contributed by atoms with Crippen molar-refractivity contribution in [3.8, 4) is 0 Å². The Hall–Kier alpha value is -1.85. The summed E-state index contributed by atoms with van der Waals surface area (Å²) in [5.74, 6) is 2.36. The van der Waals surface area contributed by atoms with Crippen LogP contribution in [0.15, 0.2) is 0 Å². The normalized spacial score (nSPS) is 10.2. The number of hydrogen-bond acceptors (Lipinski definition) is 5. The molecule has 0 saturated heterocycles. The molecule has 0 aromatic carbocycles. The third-order valence-corrected chi connectivity index (χ3v) is 3.07. The lowest BCUT2D eigenvalue weighted by atomic mass is 10.2. The van der Waals surface area contributed by atoms with Gasteiger partial charge in [-0.05, 0) is 27.2 Å². The van der Waals surface area contributed by atoms with Crippen LogP contribution in [0.4, 0.5) is 11.6 Å². The molecule has 1 aromatic heterocycles. The van der Waals surface area contributed by atoms with E-state index in [2.05, 4.69) is 27.5 Å². The molecule has 0 atom stereocenters. The minimum absolute atomic E-state index is 0.0226. The molecule has 1 amide bonds. The fraction of sp³-hybridized carbons (Fsp3) is 0.643. The topological polar surface area (TPSA) is 70.2 Å². The maximum absolute atomic E-state index is 11.6. The van der Waals surface area contributed by atoms with Gasteiger partial charge in [0, 0.05) is 25.7 Å². The van der Waals surface area contributed by atoms with Crippen molar-refractivity contribution in [2.75, 3.05) is 36.9 Å². The van der Waals surface area contributed by atoms with Gasteiger partial charge >= 0.3 is 0 Å². The number of anilines is 2. The fourth-order valence-corrected chi connectivity index (χ4v) is 1.93. The van der Waals surface area contributed by atoms with Crippen LogP contribution in [-0.2, 0) is 4.79 Å². The third kappa shape index (κ3) is 4.08. The Morgan fingerprint density at radius 3 is 2.50 bits per heavy atom. The second kappa shape index (κ2) is 7.67. The Morgan fingerprint density at radius 2 is 1.95 bits per heavy atom. The summed E-state index contributed by atoms with van der Waals surface area (Å²) in [4.78, 5) is 22.5. The number of nitrogens with one attached hydrogen (secondary N) is 2. The van der Waals surface area contributed by atoms with E-state index in [4.69, 9.17) is 0 Å². The number of nitrogens with zero attached hydrogens (tertiary/aromatic N) is 3. The quantitative estimate of drug-likeness (QED) is 0.791. The van der Waals surface area contributed by atoms with Crippen LogP contribution in [0.25, 0.3) is 0 Å². The lowest BCUT2D eigenvalue weighted by Crippen LogP contribution is -2.36. The van der Waals surface area contributed by atoms with Gasteiger partial charge < -0.3 is 15.5 Å². The summed E-state index contributed by atoms with van der Waals surface area (Å²) in [6.07, 6.45) is 1.04. The first-order valence-electron chi connectivity index (χ1n) is 7.08. The Labute approximate surface area is 121 Å². The molecule has 0 aliphatic heterocycles. The first kappa shape index (κ1) is 16.2. The molecule has 2 N–H and O–H groups in total. The molecule has 0 bridgehead atoms. The molecular formula is C14H25N5O. The number of aryl methyl sites for hydroxylation is 1. The first-order chi connectivity index (χ1) is 9.53. The maximum atomic E-state index is 11.6. The second-order valence-corrected chi connectivity index (χ2v) is 4.68. The van der Waals surface area contributed by atoms with Crippen molar-refractivity contribution >= 4 is 17.5 Å². The van der Waals surface area contributed by atoms with Gasteiger partial charge in [-0.15, -0.1) is 0 Å². The van der Waals surface area contributed by atoms with Crippen molar-refractivity contribution < 1.29 is 4.79 Å². The van der Waals surface area contributed by atoms with Crippen molar-refractivity contribution in [2.45, 2.75) is 34.1 Å². The van der Waals surface area contributed by atoms with Crippen molar-refractivity contribution in [3.05, 3.63) is 11.4 Å². The molecule has 112 valence electrons. The molecule has 0 aliphatic rings. The van der Waals surface area contributed by atoms with E-state index in [9.17, 15) is 4.79 Å². The molecule has 1 heterocycles. The van der Waals surface area contributed by atoms with E-state index in [1.807, 2.05) is 25.7 Å². The molecule has 1 rings (SSSR count). The Kier molecular flexibility index (Phi) is 6.21. The number of carbonyl (C=O) groups is 1. The minimum Gasteiger partial charge on any atom is -0.370 e. The number of likely N-dealkylation sites (N-methyl/N-ethyl adjacent to an activating group) is 2. The van der Waals surface area contributed by atoms with Crippen LogP contribution in [0.3, 0.4) is 0 Å². The average molecular weight is 279 g/mol. The van der Waals surface area contributed by atoms with Gasteiger partial charge in [-0.1, -0.05) is 6.92 Å². The number of amides is 1. The van der Waals surface area contributed by atoms with Gasteiger partial charge in [-0.2, -0.15) is 0 Å². The number of aromatic nitrogens is 2. The van der Waals surface area contributed by atoms with Crippen LogP contribution in [-0.4, -0.2) is 42.6 Å². The molecule has 0 saturated carbocycles. The lowest BCUT2D eigenvalue weighted by molar-refractivity contribution is -0.119. The van der Waals surface area contributed by atoms with Crippen LogP contribution >= 0.6 is 0 Å². The highest BCUT2D eigenvalue weighted by Crippen LogP contribution is 2.23. The summed E-state index contributed by atoms with van der Waals surface area (Å²) in [5, 5.41) is 5.95. The second-order valence-electron chi connectivity index (χ2n) is 4.68. The van der Waals surface area contributed by atoms with E-state index in [0.717, 1.165) is 36.7 Å². The van der Waals surface area contributed by atoms with Crippen LogP contribution in [0.1, 0.15) is 31.7 Å². The van der Waals surface area contributed by atoms with Crippen LogP contribution in [0.5, 0.6) is 0 Å². The molecule has 0 spiro atoms. The lowest BCUT2D eigenvalue weighted by Gasteiger charge is -2.24. The van der Waals surface area contributed by atoms with Crippen LogP contribution in [0.2, 0.25) is 0 Å². The fourth-order valence-electron chi connectivity index (χ4n) is 1.93. The van der Waals surface area contributed by atoms with E-state index in [0.29, 0.717) is 12.4 Å². The zero-order valence-electron chi connectivity index (χ0n) is 13.1. The van der Waals surface area contributed by atoms with Crippen molar-refractivity contribution in [1.29, 1.82) is 0 Å². The average Bonchev–Trinajstić information content (AvgIpc) is 2.45. The Bertz CT molecular complexity index is 461. The molecule has 0 fully saturated rings. The largest absolute Gasteiger partial charge is 0.370 e. The van der Waals surface area contributed by atoms with Crippen molar-refractivity contribution in [1.82, 2.24) is 15.3 Å². The van der Waals surface area contributed by atoms with E-state index in [1.165, 1.54) is 0 Å². The van der Waals surface area contributed by atoms with Gasteiger partial charge in [0.2, 0.25) is 5.91 Å². The Balaban J connectivity index is 3.07. The zero-order valence-corrected chi connectivity index (χ0v) is 13.1. The van der Waals surface area contributed by atoms with E-state index < -0.39 is 0 Å². The highest BCUT2D eigenvalue weighted by Gasteiger charge is 2.16. The minimum atomic E-state index is -0.0226. The smallest absolute Gasteiger partial charge is 0.239 e. The summed E-state index contributed by atoms with van der Waals surface area (Å²) in [6, 6.07) is 0. The Morgan fingerprint density at radius 1 is 1.25 bits per heavy atom. The molecule has 20 heavy (non-hydrogen) atoms. The van der Waals surface area contributed by atoms with Gasteiger partial charge in [0.05, 0.1) is 6.54 Å². The number of rotatable bonds is 7. The van der Waals surface area contributed by atoms with Gasteiger partial charge in [0.25, 0.3) is 0 Å². The molecule has 6 nitrogen and oxygen atoms in total. The molecule has 0 radical (unpaired) electrons. The van der Waals surface area contributed by atoms with Crippen molar-refractivity contribution in [2.24, 2.45) is 0 Å². The van der Waals surface area contributed by atoms with Gasteiger partial charge in [0.1, 0.15) is 17.5 Å². The summed E-state index contributed by atoms with van der Waals surface area (Å²) in [7, 11) is 1.64. The molecular weight excluding hydrogens is 254 g/mol. The van der Waals surface area contributed by atoms with Crippen molar-refractivity contribution in [3.63, 3.8) is 0 Å². The van der Waals surface area contributed by atoms with Gasteiger partial charge in [0.15, 0.2) is 0 Å². The van der Waals surface area contributed by atoms with E-state index in [-0.39, 0.29) is 5.91 Å². The maximum Gasteiger partial charge on any atom is 0.239 e. The number of carbonyl (C=O) groups excluding carboxylic acids is 1. The van der Waals surface area contributed by atoms with Crippen LogP contribution < -0.4 is 15.5 Å². The summed E-state index contributed by atoms with van der Waals surface area (Å²) in [6.45, 7) is 9.88. The molecule has 1 aromatic rings. The van der Waals surface area contributed by atoms with Gasteiger partial charge in [-0.3, -0.25) is 4.79 Å². The summed E-state index contributed by atoms with van der Waals surface area (Å²) in [5.41, 5.74) is 0.981. The molecule has 0 unspecified atom stereocenters. The molecule has 6 heteroatoms. The highest BCUT2D eigenvalue weighted by atomic mass is 16.1. The summed E-state index contributed by atoms with van der Waals surface area (Å²) < 4.78 is 0. The standard InChI is InChI=1S/C14H25N5O/c1-6-8-16-13-10(3)14(18-11(4)17-13)19(7-2)9-12(20)15-5/h6-9H2,1-5H3,(H,15,20)(H,16,17,18). The number of hydrogen-bond donors (Lipinski definition) is 2. The summed E-state index contributed by atoms with van der Waals surface area (Å²) >= 11 is 0. The third-order valence-electron chi connectivity index (χ3n) is 3.07. The zero-order chi connectivity index (χ0) is 15.1.